The summed E-state index contributed by atoms with van der Waals surface area (Å²) >= 11 is 0. The zero-order chi connectivity index (χ0) is 24.7. The molecule has 2 saturated heterocycles. The molecule has 0 unspecified atom stereocenters. The fraction of sp³-hybridized carbons (Fsp3) is 0.714. The molecule has 0 aromatic carbocycles. The van der Waals surface area contributed by atoms with Gasteiger partial charge in [0.25, 0.3) is 5.56 Å². The maximum atomic E-state index is 12.6. The number of aromatic amines is 1. The number of methoxy groups -OCH3 is 1. The first-order valence-corrected chi connectivity index (χ1v) is 13.7. The summed E-state index contributed by atoms with van der Waals surface area (Å²) in [6.07, 6.45) is -3.88. The quantitative estimate of drug-likeness (QED) is 0.481. The van der Waals surface area contributed by atoms with Crippen LogP contribution in [0.3, 0.4) is 0 Å². The van der Waals surface area contributed by atoms with E-state index < -0.39 is 68.3 Å². The van der Waals surface area contributed by atoms with Crippen LogP contribution in [0, 0.1) is 0 Å². The predicted octanol–water partition coefficient (Wildman–Crippen LogP) is 1.09. The van der Waals surface area contributed by atoms with Crippen molar-refractivity contribution in [1.82, 2.24) is 9.55 Å². The fourth-order valence-corrected chi connectivity index (χ4v) is 5.10. The van der Waals surface area contributed by atoms with Crippen molar-refractivity contribution in [1.29, 1.82) is 0 Å². The maximum Gasteiger partial charge on any atom is 0.335 e. The lowest BCUT2D eigenvalue weighted by molar-refractivity contribution is -0.200. The van der Waals surface area contributed by atoms with E-state index in [0.717, 1.165) is 0 Å². The Bertz CT molecular complexity index is 1010. The second-order valence-corrected chi connectivity index (χ2v) is 14.6. The average Bonchev–Trinajstić information content (AvgIpc) is 3.04. The van der Waals surface area contributed by atoms with Crippen LogP contribution in [0.15, 0.2) is 21.9 Å². The van der Waals surface area contributed by atoms with Crippen molar-refractivity contribution in [3.05, 3.63) is 33.1 Å². The van der Waals surface area contributed by atoms with Gasteiger partial charge in [-0.25, -0.2) is 9.59 Å². The summed E-state index contributed by atoms with van der Waals surface area (Å²) in [7, 11) is -1.19. The lowest BCUT2D eigenvalue weighted by Gasteiger charge is -2.42. The molecule has 3 heterocycles. The zero-order valence-corrected chi connectivity index (χ0v) is 20.9. The first-order valence-electron chi connectivity index (χ1n) is 10.8. The number of carbonyl (C=O) groups excluding carboxylic acids is 2. The number of rotatable bonds is 5. The minimum atomic E-state index is -2.43. The number of hydrogen-bond donors (Lipinski definition) is 1. The molecule has 1 aromatic rings. The van der Waals surface area contributed by atoms with Gasteiger partial charge in [-0.05, 0) is 18.1 Å². The molecule has 33 heavy (non-hydrogen) atoms. The van der Waals surface area contributed by atoms with Crippen molar-refractivity contribution in [3.63, 3.8) is 0 Å². The van der Waals surface area contributed by atoms with E-state index >= 15 is 0 Å². The molecule has 3 rings (SSSR count). The second kappa shape index (κ2) is 9.16. The van der Waals surface area contributed by atoms with Crippen LogP contribution in [-0.2, 0) is 33.0 Å². The Kier molecular flexibility index (Phi) is 7.04. The molecule has 0 bridgehead atoms. The molecule has 0 aliphatic carbocycles. The van der Waals surface area contributed by atoms with Gasteiger partial charge in [0.1, 0.15) is 24.4 Å². The topological polar surface area (TPSA) is 135 Å². The number of H-pyrrole nitrogens is 1. The standard InChI is InChI=1S/C21H32N2O9Si/c1-11(24)29-12-10-13(19(26)28-5)30-16-15(12)31-18(23-9-8-14(25)22-20(23)27)17(16)32-33(6,7)21(2,3)4/h8-9,12-13,15-18H,10H2,1-7H3,(H,22,25,27)/t12-,13+,15-,16-,17-,18-/m1/s1. The maximum absolute atomic E-state index is 12.6. The van der Waals surface area contributed by atoms with Crippen LogP contribution < -0.4 is 11.2 Å². The van der Waals surface area contributed by atoms with Gasteiger partial charge in [-0.3, -0.25) is 19.1 Å². The molecule has 0 spiro atoms. The van der Waals surface area contributed by atoms with E-state index in [1.807, 2.05) is 13.1 Å². The molecule has 11 nitrogen and oxygen atoms in total. The number of nitrogens with one attached hydrogen (secondary N) is 1. The first kappa shape index (κ1) is 25.3. The van der Waals surface area contributed by atoms with Gasteiger partial charge in [0, 0.05) is 25.6 Å². The lowest BCUT2D eigenvalue weighted by atomic mass is 9.96. The van der Waals surface area contributed by atoms with Crippen LogP contribution in [-0.4, -0.2) is 67.4 Å². The predicted molar refractivity (Wildman–Crippen MR) is 118 cm³/mol. The van der Waals surface area contributed by atoms with Gasteiger partial charge >= 0.3 is 17.6 Å². The highest BCUT2D eigenvalue weighted by molar-refractivity contribution is 6.74. The van der Waals surface area contributed by atoms with Gasteiger partial charge in [0.05, 0.1) is 7.11 Å². The highest BCUT2D eigenvalue weighted by Crippen LogP contribution is 2.45. The van der Waals surface area contributed by atoms with Crippen LogP contribution in [0.2, 0.25) is 18.1 Å². The Morgan fingerprint density at radius 1 is 1.18 bits per heavy atom. The van der Waals surface area contributed by atoms with Gasteiger partial charge in [-0.15, -0.1) is 0 Å². The van der Waals surface area contributed by atoms with Gasteiger partial charge in [0.2, 0.25) is 0 Å². The van der Waals surface area contributed by atoms with E-state index in [4.69, 9.17) is 23.4 Å². The molecule has 184 valence electrons. The van der Waals surface area contributed by atoms with E-state index in [9.17, 15) is 19.2 Å². The summed E-state index contributed by atoms with van der Waals surface area (Å²) in [4.78, 5) is 50.5. The molecule has 6 atom stereocenters. The molecule has 0 radical (unpaired) electrons. The van der Waals surface area contributed by atoms with Crippen molar-refractivity contribution in [2.24, 2.45) is 0 Å². The molecular weight excluding hydrogens is 452 g/mol. The van der Waals surface area contributed by atoms with Crippen LogP contribution in [0.5, 0.6) is 0 Å². The van der Waals surface area contributed by atoms with Crippen LogP contribution in [0.1, 0.15) is 40.3 Å². The Morgan fingerprint density at radius 2 is 1.85 bits per heavy atom. The molecule has 0 saturated carbocycles. The Balaban J connectivity index is 2.08. The number of carbonyl (C=O) groups is 2. The zero-order valence-electron chi connectivity index (χ0n) is 19.9. The SMILES string of the molecule is COC(=O)[C@@H]1C[C@@H](OC(C)=O)[C@H]2O[C@@H](n3ccc(=O)[nH]c3=O)[C@H](O[Si](C)(C)C(C)(C)C)[C@@H]2O1. The van der Waals surface area contributed by atoms with E-state index in [1.54, 1.807) is 0 Å². The van der Waals surface area contributed by atoms with Crippen molar-refractivity contribution in [3.8, 4) is 0 Å². The van der Waals surface area contributed by atoms with Crippen molar-refractivity contribution in [2.75, 3.05) is 7.11 Å². The lowest BCUT2D eigenvalue weighted by Crippen LogP contribution is -2.56. The van der Waals surface area contributed by atoms with Gasteiger partial charge in [0.15, 0.2) is 20.6 Å². The van der Waals surface area contributed by atoms with Gasteiger partial charge in [-0.1, -0.05) is 20.8 Å². The number of nitrogens with zero attached hydrogens (tertiary/aromatic N) is 1. The third-order valence-corrected chi connectivity index (χ3v) is 11.0. The van der Waals surface area contributed by atoms with Crippen molar-refractivity contribution >= 4 is 20.3 Å². The van der Waals surface area contributed by atoms with E-state index in [2.05, 4.69) is 25.8 Å². The smallest absolute Gasteiger partial charge is 0.335 e. The summed E-state index contributed by atoms with van der Waals surface area (Å²) in [6.45, 7) is 11.5. The summed E-state index contributed by atoms with van der Waals surface area (Å²) in [6, 6.07) is 1.21. The molecular formula is C21H32N2O9Si. The molecule has 0 amide bonds. The summed E-state index contributed by atoms with van der Waals surface area (Å²) in [5, 5.41) is -0.183. The monoisotopic (exact) mass is 484 g/mol. The van der Waals surface area contributed by atoms with E-state index in [1.165, 1.54) is 30.9 Å². The summed E-state index contributed by atoms with van der Waals surface area (Å²) in [5.41, 5.74) is -1.23. The molecule has 2 aliphatic rings. The normalized spacial score (nSPS) is 29.9. The molecule has 2 fully saturated rings. The number of aromatic nitrogens is 2. The number of hydrogen-bond acceptors (Lipinski definition) is 9. The molecule has 1 aromatic heterocycles. The summed E-state index contributed by atoms with van der Waals surface area (Å²) < 4.78 is 30.5. The largest absolute Gasteiger partial charge is 0.467 e. The third kappa shape index (κ3) is 5.13. The van der Waals surface area contributed by atoms with Crippen molar-refractivity contribution in [2.45, 2.75) is 89.0 Å². The fourth-order valence-electron chi connectivity index (χ4n) is 3.81. The van der Waals surface area contributed by atoms with Crippen LogP contribution in [0.25, 0.3) is 0 Å². The molecule has 1 N–H and O–H groups in total. The van der Waals surface area contributed by atoms with Gasteiger partial charge < -0.3 is 23.4 Å². The van der Waals surface area contributed by atoms with Gasteiger partial charge in [-0.2, -0.15) is 0 Å². The Hall–Kier alpha value is -2.28. The number of ether oxygens (including phenoxy) is 4. The van der Waals surface area contributed by atoms with Crippen LogP contribution in [0.4, 0.5) is 0 Å². The minimum Gasteiger partial charge on any atom is -0.467 e. The third-order valence-electron chi connectivity index (χ3n) is 6.50. The molecule has 2 aliphatic heterocycles. The molecule has 12 heteroatoms. The van der Waals surface area contributed by atoms with E-state index in [0.29, 0.717) is 0 Å². The first-order chi connectivity index (χ1) is 15.2. The highest BCUT2D eigenvalue weighted by Gasteiger charge is 2.58. The van der Waals surface area contributed by atoms with E-state index in [-0.39, 0.29) is 11.5 Å². The Morgan fingerprint density at radius 3 is 2.39 bits per heavy atom. The highest BCUT2D eigenvalue weighted by atomic mass is 28.4. The summed E-state index contributed by atoms with van der Waals surface area (Å²) in [5.74, 6) is -1.15. The number of fused-ring (bicyclic) bond motifs is 1. The average molecular weight is 485 g/mol. The number of esters is 2. The van der Waals surface area contributed by atoms with Crippen LogP contribution >= 0.6 is 0 Å². The second-order valence-electron chi connectivity index (χ2n) is 9.85. The Labute approximate surface area is 192 Å². The minimum absolute atomic E-state index is 0.0352. The van der Waals surface area contributed by atoms with Crippen molar-refractivity contribution < 1.29 is 33.0 Å².